The van der Waals surface area contributed by atoms with Gasteiger partial charge < -0.3 is 5.32 Å². The number of hydrogen-bond acceptors (Lipinski definition) is 5. The van der Waals surface area contributed by atoms with Crippen molar-refractivity contribution in [3.8, 4) is 11.1 Å². The smallest absolute Gasteiger partial charge is 0.291 e. The fraction of sp³-hybridized carbons (Fsp3) is 0.269. The molecule has 0 spiro atoms. The number of benzene rings is 2. The quantitative estimate of drug-likeness (QED) is 0.461. The molecule has 2 heterocycles. The minimum absolute atomic E-state index is 0.0361. The summed E-state index contributed by atoms with van der Waals surface area (Å²) in [7, 11) is 0. The summed E-state index contributed by atoms with van der Waals surface area (Å²) < 4.78 is 3.28. The van der Waals surface area contributed by atoms with Gasteiger partial charge in [-0.25, -0.2) is 14.6 Å². The molecule has 2 aromatic heterocycles. The van der Waals surface area contributed by atoms with E-state index in [4.69, 9.17) is 0 Å². The molecule has 172 valence electrons. The minimum atomic E-state index is -0.423. The molecule has 1 fully saturated rings. The fourth-order valence-electron chi connectivity index (χ4n) is 4.09. The Morgan fingerprint density at radius 1 is 1.06 bits per heavy atom. The van der Waals surface area contributed by atoms with Crippen molar-refractivity contribution >= 4 is 5.91 Å². The summed E-state index contributed by atoms with van der Waals surface area (Å²) in [6.45, 7) is 4.46. The van der Waals surface area contributed by atoms with Crippen LogP contribution in [0.2, 0.25) is 0 Å². The van der Waals surface area contributed by atoms with Gasteiger partial charge in [0.1, 0.15) is 6.33 Å². The fourth-order valence-corrected chi connectivity index (χ4v) is 4.09. The molecule has 4 aromatic rings. The highest BCUT2D eigenvalue weighted by atomic mass is 16.2. The molecule has 34 heavy (non-hydrogen) atoms. The third kappa shape index (κ3) is 4.26. The molecular weight excluding hydrogens is 428 g/mol. The Balaban J connectivity index is 1.30. The topological polar surface area (TPSA) is 94.7 Å². The average molecular weight is 455 g/mol. The highest BCUT2D eigenvalue weighted by molar-refractivity contribution is 5.91. The van der Waals surface area contributed by atoms with Crippen LogP contribution in [0.4, 0.5) is 0 Å². The number of aromatic nitrogens is 5. The maximum atomic E-state index is 12.9. The maximum absolute atomic E-state index is 12.9. The van der Waals surface area contributed by atoms with E-state index in [0.29, 0.717) is 12.1 Å². The molecule has 0 saturated heterocycles. The summed E-state index contributed by atoms with van der Waals surface area (Å²) in [6.07, 6.45) is 6.43. The van der Waals surface area contributed by atoms with E-state index in [0.717, 1.165) is 29.5 Å². The molecule has 0 bridgehead atoms. The van der Waals surface area contributed by atoms with Crippen LogP contribution in [0.3, 0.4) is 0 Å². The van der Waals surface area contributed by atoms with Crippen LogP contribution < -0.4 is 10.9 Å². The highest BCUT2D eigenvalue weighted by Crippen LogP contribution is 2.45. The second-order valence-corrected chi connectivity index (χ2v) is 8.98. The Kier molecular flexibility index (Phi) is 5.57. The molecule has 2 aromatic carbocycles. The van der Waals surface area contributed by atoms with Crippen LogP contribution >= 0.6 is 0 Å². The first-order chi connectivity index (χ1) is 16.4. The third-order valence-electron chi connectivity index (χ3n) is 6.19. The number of nitrogens with one attached hydrogen (secondary N) is 1. The third-order valence-corrected chi connectivity index (χ3v) is 6.19. The van der Waals surface area contributed by atoms with Crippen molar-refractivity contribution in [3.05, 3.63) is 101 Å². The van der Waals surface area contributed by atoms with Crippen molar-refractivity contribution in [1.29, 1.82) is 0 Å². The van der Waals surface area contributed by atoms with Gasteiger partial charge in [0.05, 0.1) is 24.0 Å². The van der Waals surface area contributed by atoms with E-state index < -0.39 is 5.54 Å². The van der Waals surface area contributed by atoms with Gasteiger partial charge in [-0.1, -0.05) is 54.6 Å². The van der Waals surface area contributed by atoms with Gasteiger partial charge in [-0.15, -0.1) is 5.10 Å². The van der Waals surface area contributed by atoms with Crippen LogP contribution in [-0.2, 0) is 12.1 Å². The van der Waals surface area contributed by atoms with Crippen molar-refractivity contribution in [2.45, 2.75) is 44.8 Å². The minimum Gasteiger partial charge on any atom is -0.340 e. The molecule has 1 amide bonds. The Labute approximate surface area is 197 Å². The molecule has 1 N–H and O–H groups in total. The van der Waals surface area contributed by atoms with Gasteiger partial charge in [0.15, 0.2) is 0 Å². The highest BCUT2D eigenvalue weighted by Gasteiger charge is 2.46. The molecule has 5 rings (SSSR count). The monoisotopic (exact) mass is 454 g/mol. The number of carbonyl (C=O) groups is 1. The van der Waals surface area contributed by atoms with Crippen molar-refractivity contribution < 1.29 is 4.79 Å². The Hall–Kier alpha value is -4.07. The molecule has 1 saturated carbocycles. The summed E-state index contributed by atoms with van der Waals surface area (Å²) in [5, 5.41) is 7.46. The zero-order chi connectivity index (χ0) is 23.7. The maximum Gasteiger partial charge on any atom is 0.291 e. The number of rotatable bonds is 7. The molecule has 0 radical (unpaired) electrons. The van der Waals surface area contributed by atoms with E-state index in [2.05, 4.69) is 20.4 Å². The van der Waals surface area contributed by atoms with Gasteiger partial charge in [0, 0.05) is 12.2 Å². The van der Waals surface area contributed by atoms with E-state index in [9.17, 15) is 9.59 Å². The molecule has 0 unspecified atom stereocenters. The van der Waals surface area contributed by atoms with Gasteiger partial charge in [-0.05, 0) is 43.4 Å². The molecule has 0 atom stereocenters. The largest absolute Gasteiger partial charge is 0.340 e. The van der Waals surface area contributed by atoms with Crippen LogP contribution in [0.25, 0.3) is 11.1 Å². The number of nitrogens with zero attached hydrogens (tertiary/aromatic N) is 5. The summed E-state index contributed by atoms with van der Waals surface area (Å²) in [5.74, 6) is -0.135. The van der Waals surface area contributed by atoms with E-state index in [1.807, 2.05) is 68.4 Å². The van der Waals surface area contributed by atoms with Crippen molar-refractivity contribution in [3.63, 3.8) is 0 Å². The Morgan fingerprint density at radius 3 is 2.47 bits per heavy atom. The van der Waals surface area contributed by atoms with Gasteiger partial charge in [-0.2, -0.15) is 0 Å². The van der Waals surface area contributed by atoms with Crippen LogP contribution in [0.15, 0.2) is 78.2 Å². The summed E-state index contributed by atoms with van der Waals surface area (Å²) in [5.41, 5.74) is 2.97. The SMILES string of the molecule is CC(C)n1cncc(-c2ccc(C3(NC(=O)c4ncn(Cc5ccccc5)n4)CC3)cc2)c1=O. The van der Waals surface area contributed by atoms with Gasteiger partial charge >= 0.3 is 0 Å². The normalized spacial score (nSPS) is 14.2. The number of hydrogen-bond donors (Lipinski definition) is 1. The van der Waals surface area contributed by atoms with Gasteiger partial charge in [0.25, 0.3) is 11.5 Å². The molecule has 8 nitrogen and oxygen atoms in total. The van der Waals surface area contributed by atoms with Crippen LogP contribution in [0.5, 0.6) is 0 Å². The van der Waals surface area contributed by atoms with E-state index in [1.54, 1.807) is 28.1 Å². The predicted octanol–water partition coefficient (Wildman–Crippen LogP) is 3.55. The second kappa shape index (κ2) is 8.70. The summed E-state index contributed by atoms with van der Waals surface area (Å²) >= 11 is 0. The standard InChI is InChI=1S/C26H26N6O2/c1-18(2)32-16-27-14-22(25(32)34)20-8-10-21(11-9-20)26(12-13-26)29-24(33)23-28-17-31(30-23)15-19-6-4-3-5-7-19/h3-11,14,16-18H,12-13,15H2,1-2H3,(H,29,33). The second-order valence-electron chi connectivity index (χ2n) is 8.98. The van der Waals surface area contributed by atoms with E-state index in [-0.39, 0.29) is 23.3 Å². The van der Waals surface area contributed by atoms with Crippen molar-refractivity contribution in [2.24, 2.45) is 0 Å². The first kappa shape index (κ1) is 21.8. The lowest BCUT2D eigenvalue weighted by Crippen LogP contribution is -2.35. The van der Waals surface area contributed by atoms with Gasteiger partial charge in [-0.3, -0.25) is 14.2 Å². The molecule has 1 aliphatic carbocycles. The lowest BCUT2D eigenvalue weighted by Gasteiger charge is -2.17. The number of amides is 1. The van der Waals surface area contributed by atoms with Crippen molar-refractivity contribution in [2.75, 3.05) is 0 Å². The summed E-state index contributed by atoms with van der Waals surface area (Å²) in [4.78, 5) is 34.1. The molecular formula is C26H26N6O2. The van der Waals surface area contributed by atoms with Crippen LogP contribution in [-0.4, -0.2) is 30.2 Å². The van der Waals surface area contributed by atoms with Crippen LogP contribution in [0, 0.1) is 0 Å². The molecule has 1 aliphatic rings. The van der Waals surface area contributed by atoms with E-state index in [1.165, 1.54) is 0 Å². The lowest BCUT2D eigenvalue weighted by molar-refractivity contribution is 0.0920. The predicted molar refractivity (Wildman–Crippen MR) is 128 cm³/mol. The van der Waals surface area contributed by atoms with Crippen LogP contribution in [0.1, 0.15) is 54.5 Å². The first-order valence-electron chi connectivity index (χ1n) is 11.4. The average Bonchev–Trinajstić information content (AvgIpc) is 3.47. The molecule has 0 aliphatic heterocycles. The summed E-state index contributed by atoms with van der Waals surface area (Å²) in [6, 6.07) is 17.7. The van der Waals surface area contributed by atoms with E-state index >= 15 is 0 Å². The van der Waals surface area contributed by atoms with Crippen molar-refractivity contribution in [1.82, 2.24) is 29.6 Å². The number of carbonyl (C=O) groups excluding carboxylic acids is 1. The van der Waals surface area contributed by atoms with Gasteiger partial charge in [0.2, 0.25) is 5.82 Å². The Morgan fingerprint density at radius 2 is 1.79 bits per heavy atom. The first-order valence-corrected chi connectivity index (χ1v) is 11.4. The zero-order valence-electron chi connectivity index (χ0n) is 19.2. The lowest BCUT2D eigenvalue weighted by atomic mass is 10.0. The zero-order valence-corrected chi connectivity index (χ0v) is 19.2. The Bertz CT molecular complexity index is 1370. The molecule has 8 heteroatoms.